The molecule has 0 atom stereocenters. The molecule has 1 aromatic carbocycles. The second kappa shape index (κ2) is 10.0. The van der Waals surface area contributed by atoms with Crippen LogP contribution in [-0.2, 0) is 16.1 Å². The highest BCUT2D eigenvalue weighted by atomic mass is 32.1. The van der Waals surface area contributed by atoms with Crippen LogP contribution < -0.4 is 5.32 Å². The van der Waals surface area contributed by atoms with E-state index < -0.39 is 18.5 Å². The van der Waals surface area contributed by atoms with Crippen LogP contribution in [0.4, 0.5) is 9.39 Å². The molecule has 0 saturated carbocycles. The van der Waals surface area contributed by atoms with Crippen LogP contribution >= 0.6 is 11.3 Å². The third-order valence-corrected chi connectivity index (χ3v) is 5.54. The Hall–Kier alpha value is -3.46. The fourth-order valence-electron chi connectivity index (χ4n) is 2.84. The molecule has 0 aliphatic carbocycles. The lowest BCUT2D eigenvalue weighted by molar-refractivity contribution is -0.134. The van der Waals surface area contributed by atoms with Gasteiger partial charge in [-0.3, -0.25) is 9.59 Å². The molecule has 1 N–H and O–H groups in total. The number of rotatable bonds is 8. The van der Waals surface area contributed by atoms with Gasteiger partial charge in [-0.25, -0.2) is 9.18 Å². The molecule has 0 aliphatic heterocycles. The van der Waals surface area contributed by atoms with Crippen LogP contribution in [-0.4, -0.2) is 35.8 Å². The summed E-state index contributed by atoms with van der Waals surface area (Å²) in [4.78, 5) is 38.7. The smallest absolute Gasteiger partial charge is 0.349 e. The molecule has 0 unspecified atom stereocenters. The molecule has 3 rings (SSSR count). The van der Waals surface area contributed by atoms with Gasteiger partial charge in [0.05, 0.1) is 11.3 Å². The zero-order chi connectivity index (χ0) is 22.4. The van der Waals surface area contributed by atoms with E-state index >= 15 is 0 Å². The summed E-state index contributed by atoms with van der Waals surface area (Å²) >= 11 is 1.05. The lowest BCUT2D eigenvalue weighted by Gasteiger charge is -2.20. The molecule has 0 saturated heterocycles. The maximum absolute atomic E-state index is 13.4. The molecular formula is C22H21FN2O5S. The minimum Gasteiger partial charge on any atom is -0.459 e. The minimum absolute atomic E-state index is 0.152. The van der Waals surface area contributed by atoms with Crippen LogP contribution in [0, 0.1) is 12.7 Å². The summed E-state index contributed by atoms with van der Waals surface area (Å²) in [5.74, 6) is -1.71. The molecule has 0 fully saturated rings. The molecule has 2 heterocycles. The van der Waals surface area contributed by atoms with Crippen LogP contribution in [0.15, 0.2) is 53.1 Å². The molecule has 3 aromatic rings. The largest absolute Gasteiger partial charge is 0.459 e. The Bertz CT molecular complexity index is 1080. The van der Waals surface area contributed by atoms with Crippen molar-refractivity contribution in [2.45, 2.75) is 20.4 Å². The van der Waals surface area contributed by atoms with Crippen molar-refractivity contribution in [1.29, 1.82) is 0 Å². The van der Waals surface area contributed by atoms with E-state index in [-0.39, 0.29) is 28.9 Å². The van der Waals surface area contributed by atoms with Crippen molar-refractivity contribution in [3.63, 3.8) is 0 Å². The number of hydrogen-bond donors (Lipinski definition) is 1. The number of benzene rings is 1. The molecule has 2 amide bonds. The molecule has 31 heavy (non-hydrogen) atoms. The van der Waals surface area contributed by atoms with E-state index in [1.165, 1.54) is 29.4 Å². The molecular weight excluding hydrogens is 423 g/mol. The third kappa shape index (κ3) is 5.79. The number of anilines is 1. The number of halogens is 1. The minimum atomic E-state index is -0.656. The van der Waals surface area contributed by atoms with Crippen molar-refractivity contribution >= 4 is 34.1 Å². The average molecular weight is 444 g/mol. The monoisotopic (exact) mass is 444 g/mol. The number of nitrogens with one attached hydrogen (secondary N) is 1. The first-order valence-corrected chi connectivity index (χ1v) is 10.3. The first-order valence-electron chi connectivity index (χ1n) is 9.52. The summed E-state index contributed by atoms with van der Waals surface area (Å²) in [5.41, 5.74) is 1.26. The standard InChI is InChI=1S/C22H21FN2O5S/c1-3-25(12-15-6-4-7-16(23)11-15)19(26)13-30-22(28)20-14(2)10-18(31-20)24-21(27)17-8-5-9-29-17/h4-11H,3,12-13H2,1-2H3,(H,24,27). The predicted octanol–water partition coefficient (Wildman–Crippen LogP) is 4.25. The number of carbonyl (C=O) groups excluding carboxylic acids is 3. The number of nitrogens with zero attached hydrogens (tertiary/aromatic N) is 1. The van der Waals surface area contributed by atoms with E-state index in [0.29, 0.717) is 22.7 Å². The Morgan fingerprint density at radius 3 is 2.68 bits per heavy atom. The number of amides is 2. The van der Waals surface area contributed by atoms with Crippen LogP contribution in [0.2, 0.25) is 0 Å². The van der Waals surface area contributed by atoms with E-state index in [2.05, 4.69) is 5.32 Å². The summed E-state index contributed by atoms with van der Waals surface area (Å²) in [5, 5.41) is 3.11. The lowest BCUT2D eigenvalue weighted by Crippen LogP contribution is -2.34. The van der Waals surface area contributed by atoms with Gasteiger partial charge in [0.15, 0.2) is 12.4 Å². The molecule has 0 spiro atoms. The molecule has 7 nitrogen and oxygen atoms in total. The first kappa shape index (κ1) is 22.2. The fraction of sp³-hybridized carbons (Fsp3) is 0.227. The Balaban J connectivity index is 1.57. The summed E-state index contributed by atoms with van der Waals surface area (Å²) in [6.45, 7) is 3.66. The molecule has 9 heteroatoms. The summed E-state index contributed by atoms with van der Waals surface area (Å²) in [6, 6.07) is 10.8. The van der Waals surface area contributed by atoms with Gasteiger partial charge in [-0.2, -0.15) is 0 Å². The normalized spacial score (nSPS) is 10.5. The Morgan fingerprint density at radius 1 is 1.19 bits per heavy atom. The van der Waals surface area contributed by atoms with Gasteiger partial charge in [-0.15, -0.1) is 11.3 Å². The Kier molecular flexibility index (Phi) is 7.19. The zero-order valence-electron chi connectivity index (χ0n) is 17.0. The number of carbonyl (C=O) groups is 3. The maximum Gasteiger partial charge on any atom is 0.349 e. The predicted molar refractivity (Wildman–Crippen MR) is 113 cm³/mol. The number of hydrogen-bond acceptors (Lipinski definition) is 6. The van der Waals surface area contributed by atoms with Gasteiger partial charge < -0.3 is 19.4 Å². The van der Waals surface area contributed by atoms with E-state index in [9.17, 15) is 18.8 Å². The number of ether oxygens (including phenoxy) is 1. The van der Waals surface area contributed by atoms with Gasteiger partial charge in [0.25, 0.3) is 11.8 Å². The molecule has 0 radical (unpaired) electrons. The van der Waals surface area contributed by atoms with Crippen LogP contribution in [0.1, 0.15) is 38.3 Å². The summed E-state index contributed by atoms with van der Waals surface area (Å²) in [7, 11) is 0. The van der Waals surface area contributed by atoms with Crippen LogP contribution in [0.5, 0.6) is 0 Å². The fourth-order valence-corrected chi connectivity index (χ4v) is 3.81. The number of likely N-dealkylation sites (N-methyl/N-ethyl adjacent to an activating group) is 1. The Morgan fingerprint density at radius 2 is 2.00 bits per heavy atom. The third-order valence-electron chi connectivity index (χ3n) is 4.41. The van der Waals surface area contributed by atoms with Gasteiger partial charge >= 0.3 is 5.97 Å². The first-order chi connectivity index (χ1) is 14.9. The van der Waals surface area contributed by atoms with Crippen molar-refractivity contribution in [3.8, 4) is 0 Å². The number of esters is 1. The van der Waals surface area contributed by atoms with Crippen molar-refractivity contribution in [1.82, 2.24) is 4.90 Å². The zero-order valence-corrected chi connectivity index (χ0v) is 17.8. The van der Waals surface area contributed by atoms with Gasteiger partial charge in [0, 0.05) is 13.1 Å². The highest BCUT2D eigenvalue weighted by Gasteiger charge is 2.20. The van der Waals surface area contributed by atoms with Crippen LogP contribution in [0.3, 0.4) is 0 Å². The highest BCUT2D eigenvalue weighted by Crippen LogP contribution is 2.28. The van der Waals surface area contributed by atoms with Gasteiger partial charge in [0.1, 0.15) is 10.7 Å². The topological polar surface area (TPSA) is 88.9 Å². The van der Waals surface area contributed by atoms with E-state index in [1.54, 1.807) is 38.1 Å². The molecule has 0 bridgehead atoms. The van der Waals surface area contributed by atoms with E-state index in [0.717, 1.165) is 11.3 Å². The molecule has 2 aromatic heterocycles. The quantitative estimate of drug-likeness (QED) is 0.525. The lowest BCUT2D eigenvalue weighted by atomic mass is 10.2. The van der Waals surface area contributed by atoms with Gasteiger partial charge in [-0.1, -0.05) is 12.1 Å². The number of aryl methyl sites for hydroxylation is 1. The summed E-state index contributed by atoms with van der Waals surface area (Å²) in [6.07, 6.45) is 1.39. The SMILES string of the molecule is CCN(Cc1cccc(F)c1)C(=O)COC(=O)c1sc(NC(=O)c2ccco2)cc1C. The van der Waals surface area contributed by atoms with Gasteiger partial charge in [0.2, 0.25) is 0 Å². The van der Waals surface area contributed by atoms with E-state index in [1.807, 2.05) is 0 Å². The van der Waals surface area contributed by atoms with E-state index in [4.69, 9.17) is 9.15 Å². The second-order valence-corrected chi connectivity index (χ2v) is 7.72. The maximum atomic E-state index is 13.4. The Labute approximate surface area is 182 Å². The van der Waals surface area contributed by atoms with Crippen molar-refractivity contribution < 1.29 is 27.9 Å². The van der Waals surface area contributed by atoms with Crippen LogP contribution in [0.25, 0.3) is 0 Å². The highest BCUT2D eigenvalue weighted by molar-refractivity contribution is 7.18. The average Bonchev–Trinajstić information content (AvgIpc) is 3.40. The molecule has 0 aliphatic rings. The summed E-state index contributed by atoms with van der Waals surface area (Å²) < 4.78 is 23.6. The van der Waals surface area contributed by atoms with Crippen molar-refractivity contribution in [2.75, 3.05) is 18.5 Å². The van der Waals surface area contributed by atoms with Crippen molar-refractivity contribution in [2.24, 2.45) is 0 Å². The van der Waals surface area contributed by atoms with Crippen molar-refractivity contribution in [3.05, 3.63) is 76.3 Å². The molecule has 162 valence electrons. The van der Waals surface area contributed by atoms with Gasteiger partial charge in [-0.05, 0) is 55.3 Å². The second-order valence-electron chi connectivity index (χ2n) is 6.67. The number of furan rings is 1. The number of thiophene rings is 1.